The SMILES string of the molecule is CCc1nc(CCNC(=O)c2cc(SC)c(OC)cc2[N+](=O)[O-])cs1. The van der Waals surface area contributed by atoms with E-state index in [0.717, 1.165) is 17.1 Å². The molecule has 0 bridgehead atoms. The van der Waals surface area contributed by atoms with E-state index in [0.29, 0.717) is 23.6 Å². The van der Waals surface area contributed by atoms with Gasteiger partial charge in [-0.25, -0.2) is 4.98 Å². The monoisotopic (exact) mass is 381 g/mol. The minimum absolute atomic E-state index is 0.0303. The Bertz CT molecular complexity index is 777. The number of aryl methyl sites for hydroxylation is 1. The topological polar surface area (TPSA) is 94.4 Å². The molecule has 1 heterocycles. The second-order valence-electron chi connectivity index (χ2n) is 5.07. The molecule has 0 radical (unpaired) electrons. The largest absolute Gasteiger partial charge is 0.495 e. The normalized spacial score (nSPS) is 10.5. The summed E-state index contributed by atoms with van der Waals surface area (Å²) < 4.78 is 5.15. The Kier molecular flexibility index (Phi) is 6.77. The van der Waals surface area contributed by atoms with Gasteiger partial charge in [-0.05, 0) is 18.7 Å². The molecule has 0 aliphatic heterocycles. The number of hydrogen-bond donors (Lipinski definition) is 1. The summed E-state index contributed by atoms with van der Waals surface area (Å²) in [7, 11) is 1.44. The van der Waals surface area contributed by atoms with Crippen molar-refractivity contribution in [3.05, 3.63) is 43.9 Å². The second kappa shape index (κ2) is 8.82. The van der Waals surface area contributed by atoms with Crippen LogP contribution in [-0.4, -0.2) is 35.7 Å². The molecule has 0 saturated heterocycles. The summed E-state index contributed by atoms with van der Waals surface area (Å²) >= 11 is 2.95. The van der Waals surface area contributed by atoms with Crippen LogP contribution in [-0.2, 0) is 12.8 Å². The molecule has 0 fully saturated rings. The zero-order valence-electron chi connectivity index (χ0n) is 14.2. The van der Waals surface area contributed by atoms with Crippen LogP contribution in [0.25, 0.3) is 0 Å². The number of thioether (sulfide) groups is 1. The molecule has 0 aliphatic carbocycles. The number of nitro benzene ring substituents is 1. The van der Waals surface area contributed by atoms with E-state index in [1.807, 2.05) is 18.6 Å². The van der Waals surface area contributed by atoms with Gasteiger partial charge in [0.15, 0.2) is 0 Å². The Labute approximate surface area is 154 Å². The first-order valence-electron chi connectivity index (χ1n) is 7.62. The summed E-state index contributed by atoms with van der Waals surface area (Å²) in [6.45, 7) is 2.40. The lowest BCUT2D eigenvalue weighted by molar-refractivity contribution is -0.385. The lowest BCUT2D eigenvalue weighted by atomic mass is 10.1. The van der Waals surface area contributed by atoms with Gasteiger partial charge in [0.1, 0.15) is 11.3 Å². The first kappa shape index (κ1) is 19.2. The summed E-state index contributed by atoms with van der Waals surface area (Å²) in [5.74, 6) is -0.0964. The van der Waals surface area contributed by atoms with Gasteiger partial charge in [-0.15, -0.1) is 23.1 Å². The van der Waals surface area contributed by atoms with Crippen LogP contribution in [0.2, 0.25) is 0 Å². The molecule has 25 heavy (non-hydrogen) atoms. The molecule has 2 rings (SSSR count). The molecular formula is C16H19N3O4S2. The zero-order chi connectivity index (χ0) is 18.4. The number of carbonyl (C=O) groups is 1. The minimum atomic E-state index is -0.574. The Hall–Kier alpha value is -2.13. The number of benzene rings is 1. The molecule has 1 N–H and O–H groups in total. The van der Waals surface area contributed by atoms with Crippen LogP contribution >= 0.6 is 23.1 Å². The number of methoxy groups -OCH3 is 1. The highest BCUT2D eigenvalue weighted by molar-refractivity contribution is 7.98. The van der Waals surface area contributed by atoms with Crippen molar-refractivity contribution >= 4 is 34.7 Å². The van der Waals surface area contributed by atoms with E-state index < -0.39 is 10.8 Å². The van der Waals surface area contributed by atoms with E-state index in [4.69, 9.17) is 4.74 Å². The maximum Gasteiger partial charge on any atom is 0.285 e. The van der Waals surface area contributed by atoms with Gasteiger partial charge < -0.3 is 10.1 Å². The van der Waals surface area contributed by atoms with Gasteiger partial charge in [-0.1, -0.05) is 6.92 Å². The zero-order valence-corrected chi connectivity index (χ0v) is 15.8. The molecule has 134 valence electrons. The highest BCUT2D eigenvalue weighted by Gasteiger charge is 2.23. The summed E-state index contributed by atoms with van der Waals surface area (Å²) in [5, 5.41) is 17.0. The van der Waals surface area contributed by atoms with Crippen LogP contribution in [0.4, 0.5) is 5.69 Å². The van der Waals surface area contributed by atoms with Crippen molar-refractivity contribution in [1.82, 2.24) is 10.3 Å². The van der Waals surface area contributed by atoms with Crippen LogP contribution in [0, 0.1) is 10.1 Å². The van der Waals surface area contributed by atoms with Gasteiger partial charge in [0.2, 0.25) is 0 Å². The Morgan fingerprint density at radius 1 is 1.48 bits per heavy atom. The number of hydrogen-bond acceptors (Lipinski definition) is 7. The standard InChI is InChI=1S/C16H19N3O4S2/c1-4-15-18-10(9-25-15)5-6-17-16(20)11-7-14(24-3)13(23-2)8-12(11)19(21)22/h7-9H,4-6H2,1-3H3,(H,17,20). The number of thiazole rings is 1. The van der Waals surface area contributed by atoms with E-state index >= 15 is 0 Å². The predicted molar refractivity (Wildman–Crippen MR) is 99.0 cm³/mol. The summed E-state index contributed by atoms with van der Waals surface area (Å²) in [6.07, 6.45) is 3.28. The molecule has 7 nitrogen and oxygen atoms in total. The fourth-order valence-electron chi connectivity index (χ4n) is 2.23. The molecule has 0 aliphatic rings. The number of amides is 1. The van der Waals surface area contributed by atoms with E-state index in [1.165, 1.54) is 31.0 Å². The van der Waals surface area contributed by atoms with Gasteiger partial charge >= 0.3 is 0 Å². The lowest BCUT2D eigenvalue weighted by Crippen LogP contribution is -2.26. The Morgan fingerprint density at radius 2 is 2.24 bits per heavy atom. The van der Waals surface area contributed by atoms with Crippen molar-refractivity contribution in [2.75, 3.05) is 19.9 Å². The van der Waals surface area contributed by atoms with Gasteiger partial charge in [-0.2, -0.15) is 0 Å². The van der Waals surface area contributed by atoms with Crippen LogP contribution < -0.4 is 10.1 Å². The molecule has 2 aromatic rings. The van der Waals surface area contributed by atoms with Gasteiger partial charge in [0.05, 0.1) is 33.7 Å². The van der Waals surface area contributed by atoms with Crippen molar-refractivity contribution in [3.8, 4) is 5.75 Å². The summed E-state index contributed by atoms with van der Waals surface area (Å²) in [6, 6.07) is 2.78. The number of nitrogens with zero attached hydrogens (tertiary/aromatic N) is 2. The molecule has 0 saturated carbocycles. The number of rotatable bonds is 8. The fourth-order valence-corrected chi connectivity index (χ4v) is 3.59. The van der Waals surface area contributed by atoms with Crippen molar-refractivity contribution in [1.29, 1.82) is 0 Å². The van der Waals surface area contributed by atoms with E-state index in [1.54, 1.807) is 11.3 Å². The number of nitro groups is 1. The van der Waals surface area contributed by atoms with E-state index in [-0.39, 0.29) is 11.3 Å². The van der Waals surface area contributed by atoms with Crippen LogP contribution in [0.15, 0.2) is 22.4 Å². The Morgan fingerprint density at radius 3 is 2.80 bits per heavy atom. The average Bonchev–Trinajstić information content (AvgIpc) is 3.08. The van der Waals surface area contributed by atoms with Crippen molar-refractivity contribution in [2.45, 2.75) is 24.7 Å². The third-order valence-electron chi connectivity index (χ3n) is 3.51. The maximum atomic E-state index is 12.4. The van der Waals surface area contributed by atoms with Crippen molar-refractivity contribution in [3.63, 3.8) is 0 Å². The smallest absolute Gasteiger partial charge is 0.285 e. The lowest BCUT2D eigenvalue weighted by Gasteiger charge is -2.10. The summed E-state index contributed by atoms with van der Waals surface area (Å²) in [4.78, 5) is 28.2. The minimum Gasteiger partial charge on any atom is -0.495 e. The third-order valence-corrected chi connectivity index (χ3v) is 5.31. The van der Waals surface area contributed by atoms with Crippen molar-refractivity contribution < 1.29 is 14.5 Å². The van der Waals surface area contributed by atoms with E-state index in [9.17, 15) is 14.9 Å². The number of nitrogens with one attached hydrogen (secondary N) is 1. The number of aromatic nitrogens is 1. The highest BCUT2D eigenvalue weighted by Crippen LogP contribution is 2.34. The number of ether oxygens (including phenoxy) is 1. The molecule has 1 aromatic carbocycles. The molecular weight excluding hydrogens is 362 g/mol. The van der Waals surface area contributed by atoms with Crippen LogP contribution in [0.5, 0.6) is 5.75 Å². The highest BCUT2D eigenvalue weighted by atomic mass is 32.2. The first-order chi connectivity index (χ1) is 12.0. The van der Waals surface area contributed by atoms with Crippen molar-refractivity contribution in [2.24, 2.45) is 0 Å². The molecule has 0 spiro atoms. The molecule has 1 amide bonds. The molecule has 9 heteroatoms. The third kappa shape index (κ3) is 4.70. The van der Waals surface area contributed by atoms with E-state index in [2.05, 4.69) is 10.3 Å². The molecule has 0 atom stereocenters. The fraction of sp³-hybridized carbons (Fsp3) is 0.375. The van der Waals surface area contributed by atoms with Gasteiger partial charge in [0.25, 0.3) is 11.6 Å². The summed E-state index contributed by atoms with van der Waals surface area (Å²) in [5.41, 5.74) is 0.674. The molecule has 0 unspecified atom stereocenters. The second-order valence-corrected chi connectivity index (χ2v) is 6.86. The quantitative estimate of drug-likeness (QED) is 0.428. The predicted octanol–water partition coefficient (Wildman–Crippen LogP) is 3.32. The van der Waals surface area contributed by atoms with Crippen LogP contribution in [0.3, 0.4) is 0 Å². The molecule has 1 aromatic heterocycles. The first-order valence-corrected chi connectivity index (χ1v) is 9.72. The Balaban J connectivity index is 2.12. The average molecular weight is 381 g/mol. The maximum absolute atomic E-state index is 12.4. The van der Waals surface area contributed by atoms with Gasteiger partial charge in [0, 0.05) is 18.3 Å². The van der Waals surface area contributed by atoms with Crippen LogP contribution in [0.1, 0.15) is 28.0 Å². The van der Waals surface area contributed by atoms with Gasteiger partial charge in [-0.3, -0.25) is 14.9 Å². The number of carbonyl (C=O) groups excluding carboxylic acids is 1.